The van der Waals surface area contributed by atoms with E-state index in [1.807, 2.05) is 0 Å². The van der Waals surface area contributed by atoms with Gasteiger partial charge in [0.05, 0.1) is 5.41 Å². The number of fused-ring (bicyclic) bond motifs is 10. The fraction of sp³-hybridized carbons (Fsp3) is 0.129. The van der Waals surface area contributed by atoms with Crippen LogP contribution in [0.2, 0.25) is 0 Å². The molecule has 0 spiro atoms. The lowest BCUT2D eigenvalue weighted by atomic mass is 9.67. The van der Waals surface area contributed by atoms with Crippen molar-refractivity contribution < 1.29 is 4.42 Å². The van der Waals surface area contributed by atoms with Crippen molar-refractivity contribution in [3.8, 4) is 33.4 Å². The van der Waals surface area contributed by atoms with Gasteiger partial charge in [0.1, 0.15) is 11.2 Å². The number of nitrogens with zero attached hydrogens (tertiary/aromatic N) is 1. The highest BCUT2D eigenvalue weighted by molar-refractivity contribution is 6.12. The Morgan fingerprint density at radius 2 is 1.00 bits per heavy atom. The van der Waals surface area contributed by atoms with Gasteiger partial charge in [-0.05, 0) is 115 Å². The zero-order valence-corrected chi connectivity index (χ0v) is 37.0. The fourth-order valence-corrected chi connectivity index (χ4v) is 11.4. The Morgan fingerprint density at radius 3 is 1.70 bits per heavy atom. The second-order valence-corrected chi connectivity index (χ2v) is 19.3. The lowest BCUT2D eigenvalue weighted by molar-refractivity contribution is 0.572. The Hall–Kier alpha value is -7.42. The summed E-state index contributed by atoms with van der Waals surface area (Å²) in [6.45, 7) is 11.6. The van der Waals surface area contributed by atoms with Crippen LogP contribution in [0.1, 0.15) is 73.6 Å². The quantitative estimate of drug-likeness (QED) is 0.166. The average Bonchev–Trinajstić information content (AvgIpc) is 3.93. The highest BCUT2D eigenvalue weighted by atomic mass is 16.3. The standard InChI is InChI=1S/C62H49NO/c1-60(2,3)54-29-17-26-51-57-56(64-59(51)54)37-36-50-49-35-34-46(39-55(49)61(4,5)58(50)57)63(44-32-30-41(31-33-44)40-18-8-6-9-19-40)45-23-16-22-43(38-45)62(42-20-10-7-11-21-42)52-27-14-12-24-47(52)48-25-13-15-28-53(48)62/h6-39H,1-5H3. The number of anilines is 3. The first kappa shape index (κ1) is 38.3. The second-order valence-electron chi connectivity index (χ2n) is 19.3. The molecule has 2 nitrogen and oxygen atoms in total. The van der Waals surface area contributed by atoms with Crippen molar-refractivity contribution in [1.29, 1.82) is 0 Å². The predicted octanol–water partition coefficient (Wildman–Crippen LogP) is 16.7. The van der Waals surface area contributed by atoms with Crippen molar-refractivity contribution in [2.45, 2.75) is 50.9 Å². The molecule has 10 aromatic rings. The molecule has 0 fully saturated rings. The maximum Gasteiger partial charge on any atom is 0.139 e. The van der Waals surface area contributed by atoms with Gasteiger partial charge in [0.2, 0.25) is 0 Å². The predicted molar refractivity (Wildman–Crippen MR) is 267 cm³/mol. The zero-order valence-electron chi connectivity index (χ0n) is 37.0. The largest absolute Gasteiger partial charge is 0.456 e. The van der Waals surface area contributed by atoms with Crippen LogP contribution >= 0.6 is 0 Å². The van der Waals surface area contributed by atoms with Gasteiger partial charge in [0.25, 0.3) is 0 Å². The van der Waals surface area contributed by atoms with Crippen LogP contribution in [-0.4, -0.2) is 0 Å². The minimum atomic E-state index is -0.513. The number of rotatable bonds is 6. The Balaban J connectivity index is 1.06. The number of hydrogen-bond donors (Lipinski definition) is 0. The lowest BCUT2D eigenvalue weighted by Crippen LogP contribution is -2.28. The molecule has 0 atom stereocenters. The van der Waals surface area contributed by atoms with Gasteiger partial charge in [-0.25, -0.2) is 0 Å². The summed E-state index contributed by atoms with van der Waals surface area (Å²) in [5.74, 6) is 0. The molecule has 0 bridgehead atoms. The molecule has 2 heteroatoms. The van der Waals surface area contributed by atoms with Crippen LogP contribution in [0.5, 0.6) is 0 Å². The van der Waals surface area contributed by atoms with E-state index in [2.05, 4.69) is 246 Å². The molecule has 1 heterocycles. The van der Waals surface area contributed by atoms with Crippen LogP contribution in [0.15, 0.2) is 211 Å². The smallest absolute Gasteiger partial charge is 0.139 e. The van der Waals surface area contributed by atoms with E-state index < -0.39 is 5.41 Å². The summed E-state index contributed by atoms with van der Waals surface area (Å²) in [5.41, 5.74) is 20.9. The number of furan rings is 1. The third kappa shape index (κ3) is 5.51. The van der Waals surface area contributed by atoms with Crippen molar-refractivity contribution in [2.75, 3.05) is 4.90 Å². The molecule has 12 rings (SSSR count). The van der Waals surface area contributed by atoms with E-state index in [1.54, 1.807) is 0 Å². The zero-order chi connectivity index (χ0) is 43.4. The molecule has 2 aliphatic carbocycles. The summed E-state index contributed by atoms with van der Waals surface area (Å²) in [6, 6.07) is 76.4. The number of benzene rings is 9. The van der Waals surface area contributed by atoms with E-state index in [9.17, 15) is 0 Å². The minimum absolute atomic E-state index is 0.0464. The highest BCUT2D eigenvalue weighted by Gasteiger charge is 2.46. The van der Waals surface area contributed by atoms with E-state index in [-0.39, 0.29) is 10.8 Å². The van der Waals surface area contributed by atoms with Crippen LogP contribution in [0.3, 0.4) is 0 Å². The van der Waals surface area contributed by atoms with Gasteiger partial charge in [-0.15, -0.1) is 0 Å². The van der Waals surface area contributed by atoms with Gasteiger partial charge in [-0.2, -0.15) is 0 Å². The van der Waals surface area contributed by atoms with Gasteiger partial charge in [-0.1, -0.05) is 198 Å². The van der Waals surface area contributed by atoms with Crippen molar-refractivity contribution in [1.82, 2.24) is 0 Å². The molecule has 9 aromatic carbocycles. The molecule has 0 amide bonds. The van der Waals surface area contributed by atoms with Gasteiger partial charge < -0.3 is 9.32 Å². The normalized spacial score (nSPS) is 14.3. The summed E-state index contributed by atoms with van der Waals surface area (Å²) in [5, 5.41) is 2.42. The maximum atomic E-state index is 6.78. The summed E-state index contributed by atoms with van der Waals surface area (Å²) in [6.07, 6.45) is 0. The first-order valence-electron chi connectivity index (χ1n) is 22.6. The Morgan fingerprint density at radius 1 is 0.438 bits per heavy atom. The molecule has 308 valence electrons. The molecular weight excluding hydrogens is 775 g/mol. The summed E-state index contributed by atoms with van der Waals surface area (Å²) in [4.78, 5) is 2.46. The monoisotopic (exact) mass is 823 g/mol. The second kappa shape index (κ2) is 14.0. The molecule has 1 aromatic heterocycles. The fourth-order valence-electron chi connectivity index (χ4n) is 11.4. The topological polar surface area (TPSA) is 16.4 Å². The summed E-state index contributed by atoms with van der Waals surface area (Å²) < 4.78 is 6.78. The Labute approximate surface area is 376 Å². The molecule has 0 radical (unpaired) electrons. The van der Waals surface area contributed by atoms with Crippen molar-refractivity contribution in [3.63, 3.8) is 0 Å². The van der Waals surface area contributed by atoms with Crippen LogP contribution in [0.4, 0.5) is 17.1 Å². The molecular formula is C62H49NO. The van der Waals surface area contributed by atoms with Crippen molar-refractivity contribution >= 4 is 39.0 Å². The number of para-hydroxylation sites is 1. The summed E-state index contributed by atoms with van der Waals surface area (Å²) in [7, 11) is 0. The van der Waals surface area contributed by atoms with Crippen LogP contribution in [-0.2, 0) is 16.2 Å². The van der Waals surface area contributed by atoms with E-state index in [0.29, 0.717) is 0 Å². The third-order valence-corrected chi connectivity index (χ3v) is 14.3. The van der Waals surface area contributed by atoms with Crippen LogP contribution in [0.25, 0.3) is 55.3 Å². The third-order valence-electron chi connectivity index (χ3n) is 14.3. The van der Waals surface area contributed by atoms with Gasteiger partial charge >= 0.3 is 0 Å². The molecule has 0 aliphatic heterocycles. The van der Waals surface area contributed by atoms with Gasteiger partial charge in [-0.3, -0.25) is 0 Å². The van der Waals surface area contributed by atoms with E-state index in [0.717, 1.165) is 28.2 Å². The Bertz CT molecular complexity index is 3390. The van der Waals surface area contributed by atoms with Crippen molar-refractivity contribution in [2.24, 2.45) is 0 Å². The van der Waals surface area contributed by atoms with E-state index in [4.69, 9.17) is 4.42 Å². The molecule has 0 unspecified atom stereocenters. The average molecular weight is 824 g/mol. The Kier molecular flexibility index (Phi) is 8.40. The molecule has 2 aliphatic rings. The maximum absolute atomic E-state index is 6.78. The molecule has 64 heavy (non-hydrogen) atoms. The van der Waals surface area contributed by atoms with Gasteiger partial charge in [0.15, 0.2) is 0 Å². The molecule has 0 saturated heterocycles. The van der Waals surface area contributed by atoms with Gasteiger partial charge in [0, 0.05) is 38.8 Å². The summed E-state index contributed by atoms with van der Waals surface area (Å²) >= 11 is 0. The molecule has 0 N–H and O–H groups in total. The number of hydrogen-bond acceptors (Lipinski definition) is 2. The SMILES string of the molecule is CC(C)(C)c1cccc2c1oc1ccc3c(c12)C(C)(C)c1cc(N(c2ccc(-c4ccccc4)cc2)c2cccc(C4(c5ccccc5)c5ccccc5-c5ccccc54)c2)ccc1-3. The van der Waals surface area contributed by atoms with E-state index in [1.165, 1.54) is 83.1 Å². The highest BCUT2D eigenvalue weighted by Crippen LogP contribution is 2.58. The van der Waals surface area contributed by atoms with E-state index >= 15 is 0 Å². The van der Waals surface area contributed by atoms with Crippen molar-refractivity contribution in [3.05, 3.63) is 245 Å². The van der Waals surface area contributed by atoms with Crippen LogP contribution < -0.4 is 4.90 Å². The lowest BCUT2D eigenvalue weighted by Gasteiger charge is -2.35. The van der Waals surface area contributed by atoms with Crippen LogP contribution in [0, 0.1) is 0 Å². The first-order valence-corrected chi connectivity index (χ1v) is 22.6. The first-order chi connectivity index (χ1) is 31.1. The minimum Gasteiger partial charge on any atom is -0.456 e. The molecule has 0 saturated carbocycles.